The van der Waals surface area contributed by atoms with Crippen LogP contribution in [0, 0.1) is 0 Å². The third-order valence-electron chi connectivity index (χ3n) is 5.96. The predicted molar refractivity (Wildman–Crippen MR) is 134 cm³/mol. The van der Waals surface area contributed by atoms with Crippen LogP contribution < -0.4 is 13.2 Å². The van der Waals surface area contributed by atoms with Crippen LogP contribution in [0.2, 0.25) is 34.5 Å². The first-order chi connectivity index (χ1) is 12.9. The summed E-state index contributed by atoms with van der Waals surface area (Å²) in [6, 6.07) is 21.5. The topological polar surface area (TPSA) is 0 Å². The Bertz CT molecular complexity index is 980. The van der Waals surface area contributed by atoms with Crippen molar-refractivity contribution in [3.8, 4) is 0 Å². The van der Waals surface area contributed by atoms with Crippen molar-refractivity contribution < 1.29 is 0 Å². The average Bonchev–Trinajstić information content (AvgIpc) is 2.66. The molecule has 0 unspecified atom stereocenters. The van der Waals surface area contributed by atoms with Gasteiger partial charge in [0.05, 0.1) is 0 Å². The van der Waals surface area contributed by atoms with E-state index in [1.54, 1.807) is 29.3 Å². The molecule has 0 heterocycles. The molecule has 0 spiro atoms. The predicted octanol–water partition coefficient (Wildman–Crippen LogP) is 4.23. The molecule has 138 valence electrons. The van der Waals surface area contributed by atoms with Crippen LogP contribution in [0.25, 0.3) is 32.3 Å². The summed E-state index contributed by atoms with van der Waals surface area (Å²) in [7, 11) is 0. The Balaban J connectivity index is 2.41. The van der Waals surface area contributed by atoms with Gasteiger partial charge < -0.3 is 0 Å². The molecule has 0 bridgehead atoms. The zero-order chi connectivity index (χ0) is 19.3. The quantitative estimate of drug-likeness (QED) is 0.272. The van der Waals surface area contributed by atoms with Crippen LogP contribution in [0.15, 0.2) is 54.6 Å². The van der Waals surface area contributed by atoms with E-state index < -0.39 is 43.0 Å². The molecule has 0 fully saturated rings. The summed E-state index contributed by atoms with van der Waals surface area (Å²) < 4.78 is 5.06. The van der Waals surface area contributed by atoms with Gasteiger partial charge in [-0.05, 0) is 0 Å². The SMILES string of the molecule is [CH3][GeH]([CH3])[c]1cccc2c1c1ccc[c]([GeH]([CH3])[CH3])c1c1ccc[c]([GeH]([CH3])[CH3])c21. The van der Waals surface area contributed by atoms with Crippen molar-refractivity contribution in [2.45, 2.75) is 34.5 Å². The molecule has 0 aliphatic rings. The summed E-state index contributed by atoms with van der Waals surface area (Å²) in [6.45, 7) is 0. The van der Waals surface area contributed by atoms with Crippen molar-refractivity contribution in [2.24, 2.45) is 0 Å². The van der Waals surface area contributed by atoms with Gasteiger partial charge in [0.15, 0.2) is 0 Å². The number of fused-ring (bicyclic) bond motifs is 6. The summed E-state index contributed by atoms with van der Waals surface area (Å²) in [4.78, 5) is 0. The van der Waals surface area contributed by atoms with Crippen LogP contribution in [0.1, 0.15) is 0 Å². The minimum absolute atomic E-state index is 1.42. The van der Waals surface area contributed by atoms with E-state index in [4.69, 9.17) is 0 Å². The number of rotatable bonds is 3. The second-order valence-corrected chi connectivity index (χ2v) is 27.2. The normalized spacial score (nSPS) is 12.3. The Kier molecular flexibility index (Phi) is 5.52. The van der Waals surface area contributed by atoms with Crippen LogP contribution in [-0.4, -0.2) is 43.0 Å². The minimum atomic E-state index is -1.42. The summed E-state index contributed by atoms with van der Waals surface area (Å²) in [5.41, 5.74) is 0. The van der Waals surface area contributed by atoms with Gasteiger partial charge in [0.25, 0.3) is 0 Å². The molecule has 0 aliphatic heterocycles. The van der Waals surface area contributed by atoms with Gasteiger partial charge in [0.2, 0.25) is 0 Å². The van der Waals surface area contributed by atoms with Crippen LogP contribution in [0.4, 0.5) is 0 Å². The Hall–Kier alpha value is -0.711. The van der Waals surface area contributed by atoms with E-state index in [9.17, 15) is 0 Å². The Labute approximate surface area is 176 Å². The molecule has 3 heteroatoms. The molecule has 0 saturated heterocycles. The second-order valence-electron chi connectivity index (χ2n) is 8.77. The molecule has 0 saturated carbocycles. The zero-order valence-electron chi connectivity index (χ0n) is 17.4. The average molecular weight is 536 g/mol. The number of benzene rings is 4. The first-order valence-corrected chi connectivity index (χ1v) is 28.5. The van der Waals surface area contributed by atoms with Crippen LogP contribution >= 0.6 is 0 Å². The van der Waals surface area contributed by atoms with Crippen LogP contribution in [-0.2, 0) is 0 Å². The standard InChI is InChI=1S/C24H30Ge3/c1-25(2)19-13-7-10-16-22(19)17-11-8-14-20(26(3)4)24(17)18-12-9-15-21(23(16)18)27(5)6/h7-15,25-27H,1-6H3. The molecule has 0 amide bonds. The molecule has 0 aliphatic carbocycles. The van der Waals surface area contributed by atoms with Gasteiger partial charge in [0, 0.05) is 0 Å². The fourth-order valence-corrected chi connectivity index (χ4v) is 13.4. The van der Waals surface area contributed by atoms with E-state index in [0.29, 0.717) is 0 Å². The Morgan fingerprint density at radius 2 is 0.667 bits per heavy atom. The molecular formula is C24H30Ge3. The molecule has 0 aromatic heterocycles. The molecule has 27 heavy (non-hydrogen) atoms. The van der Waals surface area contributed by atoms with Crippen molar-refractivity contribution in [3.05, 3.63) is 54.6 Å². The van der Waals surface area contributed by atoms with Gasteiger partial charge >= 0.3 is 178 Å². The van der Waals surface area contributed by atoms with Crippen molar-refractivity contribution in [2.75, 3.05) is 0 Å². The summed E-state index contributed by atoms with van der Waals surface area (Å²) >= 11 is -4.27. The van der Waals surface area contributed by atoms with Gasteiger partial charge in [-0.2, -0.15) is 0 Å². The van der Waals surface area contributed by atoms with Crippen molar-refractivity contribution in [3.63, 3.8) is 0 Å². The molecule has 4 aromatic rings. The molecule has 0 N–H and O–H groups in total. The maximum absolute atomic E-state index is 2.52. The second kappa shape index (κ2) is 7.61. The van der Waals surface area contributed by atoms with Crippen LogP contribution in [0.5, 0.6) is 0 Å². The number of hydrogen-bond acceptors (Lipinski definition) is 0. The van der Waals surface area contributed by atoms with E-state index in [1.807, 2.05) is 0 Å². The van der Waals surface area contributed by atoms with Gasteiger partial charge in [-0.15, -0.1) is 0 Å². The van der Waals surface area contributed by atoms with E-state index in [2.05, 4.69) is 89.1 Å². The van der Waals surface area contributed by atoms with Crippen LogP contribution in [0.3, 0.4) is 0 Å². The van der Waals surface area contributed by atoms with Crippen molar-refractivity contribution in [1.82, 2.24) is 0 Å². The van der Waals surface area contributed by atoms with Crippen molar-refractivity contribution >= 4 is 88.6 Å². The Morgan fingerprint density at radius 3 is 0.889 bits per heavy atom. The van der Waals surface area contributed by atoms with Crippen molar-refractivity contribution in [1.29, 1.82) is 0 Å². The molecule has 0 atom stereocenters. The third-order valence-corrected chi connectivity index (χ3v) is 16.8. The molecule has 0 nitrogen and oxygen atoms in total. The maximum atomic E-state index is 2.52. The first kappa shape index (κ1) is 19.6. The summed E-state index contributed by atoms with van der Waals surface area (Å²) in [5, 5.41) is 9.36. The third kappa shape index (κ3) is 3.22. The molecule has 0 radical (unpaired) electrons. The first-order valence-electron chi connectivity index (χ1n) is 10.3. The van der Waals surface area contributed by atoms with Gasteiger partial charge in [-0.3, -0.25) is 0 Å². The molecular weight excluding hydrogens is 506 g/mol. The summed E-state index contributed by atoms with van der Waals surface area (Å²) in [5.74, 6) is 15.1. The molecule has 4 rings (SSSR count). The van der Waals surface area contributed by atoms with Gasteiger partial charge in [0.1, 0.15) is 0 Å². The fourth-order valence-electron chi connectivity index (χ4n) is 4.68. The summed E-state index contributed by atoms with van der Waals surface area (Å²) in [6.07, 6.45) is 0. The fraction of sp³-hybridized carbons (Fsp3) is 0.250. The van der Waals surface area contributed by atoms with E-state index >= 15 is 0 Å². The van der Waals surface area contributed by atoms with E-state index in [1.165, 1.54) is 16.2 Å². The van der Waals surface area contributed by atoms with Gasteiger partial charge in [-0.25, -0.2) is 0 Å². The zero-order valence-corrected chi connectivity index (χ0v) is 24.7. The monoisotopic (exact) mass is 540 g/mol. The molecule has 4 aromatic carbocycles. The Morgan fingerprint density at radius 1 is 0.407 bits per heavy atom. The van der Waals surface area contributed by atoms with Gasteiger partial charge in [-0.1, -0.05) is 0 Å². The van der Waals surface area contributed by atoms with E-state index in [0.717, 1.165) is 0 Å². The van der Waals surface area contributed by atoms with E-state index in [-0.39, 0.29) is 0 Å². The number of hydrogen-bond donors (Lipinski definition) is 0.